The quantitative estimate of drug-likeness (QED) is 0.313. The molecular weight excluding hydrogens is 491 g/mol. The number of oxazole rings is 1. The van der Waals surface area contributed by atoms with Gasteiger partial charge in [0.25, 0.3) is 0 Å². The number of alkyl halides is 3. The fourth-order valence-corrected chi connectivity index (χ4v) is 5.63. The maximum absolute atomic E-state index is 12.4. The Morgan fingerprint density at radius 3 is 2.68 bits per heavy atom. The predicted molar refractivity (Wildman–Crippen MR) is 123 cm³/mol. The highest BCUT2D eigenvalue weighted by molar-refractivity contribution is 7.99. The van der Waals surface area contributed by atoms with Gasteiger partial charge in [-0.15, -0.1) is 35.8 Å². The van der Waals surface area contributed by atoms with E-state index < -0.39 is 6.36 Å². The van der Waals surface area contributed by atoms with Crippen LogP contribution in [0.2, 0.25) is 0 Å². The molecule has 2 fully saturated rings. The number of ether oxygens (including phenoxy) is 1. The number of thioether (sulfide) groups is 1. The van der Waals surface area contributed by atoms with Gasteiger partial charge in [0.05, 0.1) is 5.69 Å². The van der Waals surface area contributed by atoms with Gasteiger partial charge in [-0.25, -0.2) is 4.98 Å². The molecule has 1 aliphatic carbocycles. The van der Waals surface area contributed by atoms with Crippen LogP contribution in [-0.4, -0.2) is 56.4 Å². The Bertz CT molecular complexity index is 1140. The summed E-state index contributed by atoms with van der Waals surface area (Å²) in [6, 6.07) is 6.40. The Morgan fingerprint density at radius 1 is 1.24 bits per heavy atom. The van der Waals surface area contributed by atoms with Gasteiger partial charge in [-0.2, -0.15) is 0 Å². The van der Waals surface area contributed by atoms with Crippen LogP contribution in [0.4, 0.5) is 13.2 Å². The fourth-order valence-electron chi connectivity index (χ4n) is 4.80. The summed E-state index contributed by atoms with van der Waals surface area (Å²) in [6.07, 6.45) is -1.15. The van der Waals surface area contributed by atoms with Gasteiger partial charge in [-0.3, -0.25) is 0 Å². The average molecular weight is 516 g/mol. The molecule has 1 unspecified atom stereocenters. The van der Waals surface area contributed by atoms with Gasteiger partial charge in [-0.1, -0.05) is 23.9 Å². The van der Waals surface area contributed by atoms with Crippen molar-refractivity contribution in [2.75, 3.05) is 25.4 Å². The Hall–Kier alpha value is -2.24. The summed E-state index contributed by atoms with van der Waals surface area (Å²) in [7, 11) is 1.92. The van der Waals surface area contributed by atoms with E-state index >= 15 is 0 Å². The number of aryl methyl sites for hydroxylation is 1. The summed E-state index contributed by atoms with van der Waals surface area (Å²) < 4.78 is 48.5. The Balaban J connectivity index is 0.00000274. The van der Waals surface area contributed by atoms with E-state index in [1.807, 2.05) is 18.5 Å². The van der Waals surface area contributed by atoms with E-state index in [2.05, 4.69) is 24.8 Å². The Morgan fingerprint density at radius 2 is 2.00 bits per heavy atom. The summed E-state index contributed by atoms with van der Waals surface area (Å²) in [5.74, 6) is 2.62. The van der Waals surface area contributed by atoms with Crippen LogP contribution in [0, 0.1) is 12.8 Å². The molecule has 12 heteroatoms. The van der Waals surface area contributed by atoms with Crippen LogP contribution in [0.3, 0.4) is 0 Å². The molecule has 2 aliphatic rings. The molecule has 3 aromatic rings. The molecule has 34 heavy (non-hydrogen) atoms. The minimum Gasteiger partial charge on any atom is -0.440 e. The van der Waals surface area contributed by atoms with Gasteiger partial charge in [0.1, 0.15) is 5.75 Å². The molecule has 184 valence electrons. The number of halogens is 4. The lowest BCUT2D eigenvalue weighted by Gasteiger charge is -2.21. The molecule has 1 aliphatic heterocycles. The predicted octanol–water partition coefficient (Wildman–Crippen LogP) is 4.85. The molecule has 1 saturated carbocycles. The first kappa shape index (κ1) is 24.9. The maximum atomic E-state index is 12.4. The van der Waals surface area contributed by atoms with E-state index in [9.17, 15) is 13.2 Å². The zero-order valence-electron chi connectivity index (χ0n) is 18.7. The van der Waals surface area contributed by atoms with Crippen molar-refractivity contribution in [2.45, 2.75) is 36.7 Å². The van der Waals surface area contributed by atoms with Gasteiger partial charge < -0.3 is 18.6 Å². The van der Waals surface area contributed by atoms with Gasteiger partial charge >= 0.3 is 6.36 Å². The molecule has 2 atom stereocenters. The largest absolute Gasteiger partial charge is 0.573 e. The lowest BCUT2D eigenvalue weighted by molar-refractivity contribution is -0.274. The highest BCUT2D eigenvalue weighted by atomic mass is 35.5. The third kappa shape index (κ3) is 4.92. The minimum atomic E-state index is -4.66. The summed E-state index contributed by atoms with van der Waals surface area (Å²) in [6.45, 7) is 4.83. The van der Waals surface area contributed by atoms with E-state index in [0.29, 0.717) is 17.5 Å². The monoisotopic (exact) mass is 515 g/mol. The van der Waals surface area contributed by atoms with Crippen molar-refractivity contribution >= 4 is 24.2 Å². The second kappa shape index (κ2) is 9.43. The molecule has 0 radical (unpaired) electrons. The summed E-state index contributed by atoms with van der Waals surface area (Å²) in [4.78, 5) is 6.56. The van der Waals surface area contributed by atoms with Gasteiger partial charge in [0, 0.05) is 31.3 Å². The van der Waals surface area contributed by atoms with Crippen molar-refractivity contribution in [1.29, 1.82) is 0 Å². The van der Waals surface area contributed by atoms with Crippen LogP contribution >= 0.6 is 24.2 Å². The van der Waals surface area contributed by atoms with Crippen LogP contribution in [0.1, 0.15) is 24.1 Å². The van der Waals surface area contributed by atoms with E-state index in [1.165, 1.54) is 18.5 Å². The molecule has 0 bridgehead atoms. The second-order valence-corrected chi connectivity index (χ2v) is 9.76. The number of fused-ring (bicyclic) bond motifs is 1. The van der Waals surface area contributed by atoms with Crippen LogP contribution < -0.4 is 4.74 Å². The first-order valence-electron chi connectivity index (χ1n) is 10.8. The Labute approximate surface area is 205 Å². The maximum Gasteiger partial charge on any atom is 0.573 e. The highest BCUT2D eigenvalue weighted by Gasteiger charge is 2.60. The molecule has 2 aromatic heterocycles. The minimum absolute atomic E-state index is 0. The molecule has 0 N–H and O–H groups in total. The van der Waals surface area contributed by atoms with Crippen molar-refractivity contribution in [2.24, 2.45) is 13.0 Å². The summed E-state index contributed by atoms with van der Waals surface area (Å²) in [5.41, 5.74) is 1.97. The first-order valence-corrected chi connectivity index (χ1v) is 11.7. The third-order valence-electron chi connectivity index (χ3n) is 6.51. The van der Waals surface area contributed by atoms with Crippen LogP contribution in [0.5, 0.6) is 5.75 Å². The molecule has 5 rings (SSSR count). The molecule has 1 saturated heterocycles. The van der Waals surface area contributed by atoms with Crippen LogP contribution in [-0.2, 0) is 12.5 Å². The Kier molecular flexibility index (Phi) is 6.90. The standard InChI is InChI=1S/C22H24F3N5O2S.ClH/c1-14-18(31-13-26-14)19-27-28-20(29(19)2)33-9-3-8-30-11-16-10-21(16,12-30)15-4-6-17(7-5-15)32-22(23,24)25;/h4-7,13,16H,3,8-12H2,1-2H3;1H/t16-,21?;/m1./s1. The number of nitrogens with zero attached hydrogens (tertiary/aromatic N) is 5. The zero-order chi connectivity index (χ0) is 23.2. The van der Waals surface area contributed by atoms with Crippen molar-refractivity contribution in [3.63, 3.8) is 0 Å². The number of rotatable bonds is 8. The number of aromatic nitrogens is 4. The molecule has 3 heterocycles. The summed E-state index contributed by atoms with van der Waals surface area (Å²) in [5, 5.41) is 9.35. The zero-order valence-corrected chi connectivity index (χ0v) is 20.3. The van der Waals surface area contributed by atoms with E-state index in [4.69, 9.17) is 4.42 Å². The third-order valence-corrected chi connectivity index (χ3v) is 7.62. The topological polar surface area (TPSA) is 69.2 Å². The lowest BCUT2D eigenvalue weighted by Crippen LogP contribution is -2.28. The molecule has 1 aromatic carbocycles. The average Bonchev–Trinajstić information content (AvgIpc) is 3.06. The van der Waals surface area contributed by atoms with E-state index in [-0.39, 0.29) is 23.6 Å². The van der Waals surface area contributed by atoms with Crippen molar-refractivity contribution < 1.29 is 22.3 Å². The molecule has 7 nitrogen and oxygen atoms in total. The number of hydrogen-bond donors (Lipinski definition) is 0. The fraction of sp³-hybridized carbons (Fsp3) is 0.500. The number of piperidine rings is 1. The van der Waals surface area contributed by atoms with Crippen LogP contribution in [0.25, 0.3) is 11.6 Å². The molecule has 0 amide bonds. The number of hydrogen-bond acceptors (Lipinski definition) is 7. The molecule has 0 spiro atoms. The summed E-state index contributed by atoms with van der Waals surface area (Å²) >= 11 is 1.66. The normalized spacial score (nSPS) is 21.9. The van der Waals surface area contributed by atoms with Crippen LogP contribution in [0.15, 0.2) is 40.2 Å². The van der Waals surface area contributed by atoms with E-state index in [1.54, 1.807) is 23.9 Å². The van der Waals surface area contributed by atoms with Crippen molar-refractivity contribution in [3.05, 3.63) is 41.9 Å². The van der Waals surface area contributed by atoms with E-state index in [0.717, 1.165) is 54.6 Å². The van der Waals surface area contributed by atoms with Crippen molar-refractivity contribution in [3.8, 4) is 17.3 Å². The SMILES string of the molecule is Cc1ncoc1-c1nnc(SCCCN2C[C@H]3CC3(c3ccc(OC(F)(F)F)cc3)C2)n1C.Cl. The first-order chi connectivity index (χ1) is 15.7. The van der Waals surface area contributed by atoms with Gasteiger partial charge in [0.2, 0.25) is 5.82 Å². The number of likely N-dealkylation sites (tertiary alicyclic amines) is 1. The van der Waals surface area contributed by atoms with Gasteiger partial charge in [0.15, 0.2) is 17.3 Å². The second-order valence-electron chi connectivity index (χ2n) is 8.70. The lowest BCUT2D eigenvalue weighted by atomic mass is 9.95. The highest BCUT2D eigenvalue weighted by Crippen LogP contribution is 2.59. The van der Waals surface area contributed by atoms with Crippen molar-refractivity contribution in [1.82, 2.24) is 24.6 Å². The molecular formula is C22H25ClF3N5O2S. The smallest absolute Gasteiger partial charge is 0.440 e. The number of benzene rings is 1. The van der Waals surface area contributed by atoms with Gasteiger partial charge in [-0.05, 0) is 49.9 Å².